The number of ether oxygens (including phenoxy) is 1. The monoisotopic (exact) mass is 414 g/mol. The lowest BCUT2D eigenvalue weighted by Gasteiger charge is -2.31. The Hall–Kier alpha value is -3.28. The number of nitriles is 1. The number of hydrogen-bond donors (Lipinski definition) is 2. The van der Waals surface area contributed by atoms with E-state index in [0.29, 0.717) is 12.2 Å². The number of aliphatic carboxylic acids is 2. The molecule has 0 saturated heterocycles. The molecular weight excluding hydrogens is 391 g/mol. The van der Waals surface area contributed by atoms with Crippen molar-refractivity contribution in [2.24, 2.45) is 0 Å². The maximum Gasteiger partial charge on any atom is 0.414 e. The van der Waals surface area contributed by atoms with Crippen molar-refractivity contribution in [2.75, 3.05) is 20.6 Å². The first-order valence-electron chi connectivity index (χ1n) is 9.24. The van der Waals surface area contributed by atoms with Gasteiger partial charge in [0.05, 0.1) is 18.2 Å². The zero-order chi connectivity index (χ0) is 22.3. The van der Waals surface area contributed by atoms with E-state index in [1.807, 2.05) is 32.3 Å². The summed E-state index contributed by atoms with van der Waals surface area (Å²) in [6, 6.07) is 14.5. The Morgan fingerprint density at radius 3 is 2.33 bits per heavy atom. The quantitative estimate of drug-likeness (QED) is 0.724. The van der Waals surface area contributed by atoms with E-state index in [1.54, 1.807) is 12.1 Å². The van der Waals surface area contributed by atoms with Crippen molar-refractivity contribution in [3.63, 3.8) is 0 Å². The van der Waals surface area contributed by atoms with Crippen LogP contribution in [0, 0.1) is 17.1 Å². The fraction of sp³-hybridized carbons (Fsp3) is 0.318. The van der Waals surface area contributed by atoms with Gasteiger partial charge in [-0.05, 0) is 74.4 Å². The molecule has 0 bridgehead atoms. The van der Waals surface area contributed by atoms with E-state index in [4.69, 9.17) is 29.8 Å². The van der Waals surface area contributed by atoms with Gasteiger partial charge >= 0.3 is 11.9 Å². The summed E-state index contributed by atoms with van der Waals surface area (Å²) < 4.78 is 19.6. The number of carboxylic acids is 2. The van der Waals surface area contributed by atoms with Gasteiger partial charge in [-0.3, -0.25) is 0 Å². The normalized spacial score (nSPS) is 16.9. The number of benzene rings is 2. The van der Waals surface area contributed by atoms with Crippen LogP contribution in [0.5, 0.6) is 0 Å². The Labute approximate surface area is 173 Å². The highest BCUT2D eigenvalue weighted by Gasteiger charge is 2.41. The number of nitrogens with zero attached hydrogens (tertiary/aromatic N) is 2. The molecule has 7 nitrogen and oxygen atoms in total. The minimum absolute atomic E-state index is 0.250. The molecule has 2 N–H and O–H groups in total. The van der Waals surface area contributed by atoms with Gasteiger partial charge < -0.3 is 19.8 Å². The zero-order valence-electron chi connectivity index (χ0n) is 16.8. The van der Waals surface area contributed by atoms with E-state index >= 15 is 0 Å². The molecule has 8 heteroatoms. The van der Waals surface area contributed by atoms with E-state index in [-0.39, 0.29) is 5.82 Å². The minimum Gasteiger partial charge on any atom is -0.473 e. The molecule has 0 amide bonds. The van der Waals surface area contributed by atoms with Gasteiger partial charge in [-0.15, -0.1) is 0 Å². The smallest absolute Gasteiger partial charge is 0.414 e. The highest BCUT2D eigenvalue weighted by Crippen LogP contribution is 2.45. The number of rotatable bonds is 5. The van der Waals surface area contributed by atoms with Gasteiger partial charge in [0.1, 0.15) is 11.4 Å². The summed E-state index contributed by atoms with van der Waals surface area (Å²) in [5.41, 5.74) is 3.18. The van der Waals surface area contributed by atoms with Crippen molar-refractivity contribution in [3.8, 4) is 6.07 Å². The topological polar surface area (TPSA) is 111 Å². The number of halogens is 1. The second kappa shape index (κ2) is 9.96. The first-order chi connectivity index (χ1) is 14.2. The van der Waals surface area contributed by atoms with Crippen molar-refractivity contribution in [1.29, 1.82) is 5.26 Å². The fourth-order valence-electron chi connectivity index (χ4n) is 3.41. The first kappa shape index (κ1) is 23.0. The predicted molar refractivity (Wildman–Crippen MR) is 106 cm³/mol. The van der Waals surface area contributed by atoms with Gasteiger partial charge in [0.25, 0.3) is 0 Å². The van der Waals surface area contributed by atoms with Gasteiger partial charge in [0.15, 0.2) is 0 Å². The summed E-state index contributed by atoms with van der Waals surface area (Å²) in [7, 11) is 4.10. The van der Waals surface area contributed by atoms with E-state index < -0.39 is 17.5 Å². The average Bonchev–Trinajstić information content (AvgIpc) is 3.07. The van der Waals surface area contributed by atoms with Crippen LogP contribution in [-0.4, -0.2) is 47.7 Å². The molecule has 0 aliphatic carbocycles. The molecule has 1 aliphatic rings. The highest BCUT2D eigenvalue weighted by atomic mass is 19.1. The average molecular weight is 414 g/mol. The molecule has 0 saturated carbocycles. The van der Waals surface area contributed by atoms with E-state index in [1.165, 1.54) is 12.1 Å². The lowest BCUT2D eigenvalue weighted by Crippen LogP contribution is -2.28. The molecular formula is C22H23FN2O5. The second-order valence-electron chi connectivity index (χ2n) is 7.12. The summed E-state index contributed by atoms with van der Waals surface area (Å²) in [4.78, 5) is 20.3. The molecule has 1 atom stereocenters. The fourth-order valence-corrected chi connectivity index (χ4v) is 3.41. The highest BCUT2D eigenvalue weighted by molar-refractivity contribution is 6.27. The summed E-state index contributed by atoms with van der Waals surface area (Å²) in [5, 5.41) is 23.9. The third-order valence-electron chi connectivity index (χ3n) is 4.77. The molecule has 0 spiro atoms. The van der Waals surface area contributed by atoms with Crippen LogP contribution >= 0.6 is 0 Å². The summed E-state index contributed by atoms with van der Waals surface area (Å²) >= 11 is 0. The van der Waals surface area contributed by atoms with Crippen molar-refractivity contribution < 1.29 is 28.9 Å². The van der Waals surface area contributed by atoms with Crippen molar-refractivity contribution in [3.05, 3.63) is 70.5 Å². The molecule has 1 heterocycles. The van der Waals surface area contributed by atoms with Crippen LogP contribution in [0.1, 0.15) is 35.1 Å². The van der Waals surface area contributed by atoms with Crippen LogP contribution in [0.25, 0.3) is 0 Å². The molecule has 0 aromatic heterocycles. The molecule has 158 valence electrons. The van der Waals surface area contributed by atoms with E-state index in [9.17, 15) is 4.39 Å². The van der Waals surface area contributed by atoms with Crippen LogP contribution in [0.3, 0.4) is 0 Å². The lowest BCUT2D eigenvalue weighted by atomic mass is 9.81. The number of fused-ring (bicyclic) bond motifs is 1. The van der Waals surface area contributed by atoms with Gasteiger partial charge in [0.2, 0.25) is 0 Å². The number of carbonyl (C=O) groups is 2. The largest absolute Gasteiger partial charge is 0.473 e. The third-order valence-corrected chi connectivity index (χ3v) is 4.77. The zero-order valence-corrected chi connectivity index (χ0v) is 16.8. The second-order valence-corrected chi connectivity index (χ2v) is 7.12. The molecule has 2 aromatic rings. The van der Waals surface area contributed by atoms with Crippen LogP contribution in [0.2, 0.25) is 0 Å². The summed E-state index contributed by atoms with van der Waals surface area (Å²) in [6.45, 7) is 1.43. The Bertz CT molecular complexity index is 941. The van der Waals surface area contributed by atoms with E-state index in [0.717, 1.165) is 36.1 Å². The van der Waals surface area contributed by atoms with Gasteiger partial charge in [-0.1, -0.05) is 18.2 Å². The Kier molecular flexibility index (Phi) is 7.64. The Morgan fingerprint density at radius 1 is 1.17 bits per heavy atom. The summed E-state index contributed by atoms with van der Waals surface area (Å²) in [6.07, 6.45) is 1.78. The standard InChI is InChI=1S/C20H21FN2O.C2H2O4/c1-23(2)11-3-10-20(17-5-7-18(21)8-6-17)19-9-4-15(13-22)12-16(19)14-24-20;3-1(4)2(5)6/h4-9,12H,3,10-11,14H2,1-2H3;(H,3,4)(H,5,6)/t20-;/m1./s1. The van der Waals surface area contributed by atoms with Crippen LogP contribution < -0.4 is 0 Å². The van der Waals surface area contributed by atoms with Crippen molar-refractivity contribution >= 4 is 11.9 Å². The maximum atomic E-state index is 13.4. The molecule has 2 aromatic carbocycles. The predicted octanol–water partition coefficient (Wildman–Crippen LogP) is 2.97. The third kappa shape index (κ3) is 5.41. The molecule has 0 unspecified atom stereocenters. The lowest BCUT2D eigenvalue weighted by molar-refractivity contribution is -0.159. The van der Waals surface area contributed by atoms with E-state index in [2.05, 4.69) is 11.0 Å². The van der Waals surface area contributed by atoms with Crippen LogP contribution in [-0.2, 0) is 26.5 Å². The van der Waals surface area contributed by atoms with Crippen LogP contribution in [0.15, 0.2) is 42.5 Å². The van der Waals surface area contributed by atoms with Crippen molar-refractivity contribution in [1.82, 2.24) is 4.90 Å². The van der Waals surface area contributed by atoms with Crippen molar-refractivity contribution in [2.45, 2.75) is 25.0 Å². The Morgan fingerprint density at radius 2 is 1.80 bits per heavy atom. The van der Waals surface area contributed by atoms with Gasteiger partial charge in [-0.2, -0.15) is 5.26 Å². The van der Waals surface area contributed by atoms with Crippen LogP contribution in [0.4, 0.5) is 4.39 Å². The molecule has 30 heavy (non-hydrogen) atoms. The molecule has 0 fully saturated rings. The van der Waals surface area contributed by atoms with Gasteiger partial charge in [-0.25, -0.2) is 14.0 Å². The maximum absolute atomic E-state index is 13.4. The number of carboxylic acid groups (broad SMARTS) is 2. The number of hydrogen-bond acceptors (Lipinski definition) is 5. The molecule has 1 aliphatic heterocycles. The molecule has 3 rings (SSSR count). The van der Waals surface area contributed by atoms with Gasteiger partial charge in [0, 0.05) is 0 Å². The SMILES string of the molecule is CN(C)CCC[C@]1(c2ccc(F)cc2)OCc2cc(C#N)ccc21.O=C(O)C(=O)O. The first-order valence-corrected chi connectivity index (χ1v) is 9.24. The molecule has 0 radical (unpaired) electrons. The summed E-state index contributed by atoms with van der Waals surface area (Å²) in [5.74, 6) is -3.90. The minimum atomic E-state index is -1.82. The Balaban J connectivity index is 0.000000469.